The molecule has 0 unspecified atom stereocenters. The minimum Gasteiger partial charge on any atom is -0.496 e. The number of hydrogen-bond acceptors (Lipinski definition) is 2. The van der Waals surface area contributed by atoms with Crippen LogP contribution in [0.4, 0.5) is 4.39 Å². The lowest BCUT2D eigenvalue weighted by molar-refractivity contribution is 0.0444. The van der Waals surface area contributed by atoms with Gasteiger partial charge in [0.05, 0.1) is 12.7 Å². The Bertz CT molecular complexity index is 334. The molecule has 15 heavy (non-hydrogen) atoms. The third kappa shape index (κ3) is 2.69. The Balaban J connectivity index is 3.12. The third-order valence-electron chi connectivity index (χ3n) is 2.48. The summed E-state index contributed by atoms with van der Waals surface area (Å²) in [6, 6.07) is 4.20. The Morgan fingerprint density at radius 1 is 1.47 bits per heavy atom. The topological polar surface area (TPSA) is 29.5 Å². The quantitative estimate of drug-likeness (QED) is 0.831. The molecule has 1 aromatic carbocycles. The molecule has 0 saturated heterocycles. The zero-order valence-corrected chi connectivity index (χ0v) is 9.38. The Hall–Kier alpha value is -1.09. The van der Waals surface area contributed by atoms with E-state index >= 15 is 0 Å². The van der Waals surface area contributed by atoms with Gasteiger partial charge in [-0.05, 0) is 25.5 Å². The van der Waals surface area contributed by atoms with Crippen LogP contribution in [0.5, 0.6) is 5.75 Å². The lowest BCUT2D eigenvalue weighted by atomic mass is 9.90. The first-order valence-corrected chi connectivity index (χ1v) is 5.07. The van der Waals surface area contributed by atoms with Gasteiger partial charge >= 0.3 is 0 Å². The van der Waals surface area contributed by atoms with Gasteiger partial charge in [0.25, 0.3) is 0 Å². The van der Waals surface area contributed by atoms with Crippen molar-refractivity contribution >= 4 is 0 Å². The van der Waals surface area contributed by atoms with E-state index in [2.05, 4.69) is 0 Å². The highest BCUT2D eigenvalue weighted by Crippen LogP contribution is 2.33. The molecule has 0 saturated carbocycles. The molecule has 1 rings (SSSR count). The Kier molecular flexibility index (Phi) is 3.69. The SMILES string of the molecule is CCC[C@](C)(O)c1ccc(F)cc1OC. The molecule has 0 radical (unpaired) electrons. The van der Waals surface area contributed by atoms with Crippen molar-refractivity contribution in [2.45, 2.75) is 32.3 Å². The molecule has 0 bridgehead atoms. The summed E-state index contributed by atoms with van der Waals surface area (Å²) in [5.41, 5.74) is -0.332. The van der Waals surface area contributed by atoms with Gasteiger partial charge in [0, 0.05) is 11.6 Å². The molecule has 0 aromatic heterocycles. The minimum absolute atomic E-state index is 0.358. The van der Waals surface area contributed by atoms with Crippen LogP contribution in [0.2, 0.25) is 0 Å². The van der Waals surface area contributed by atoms with E-state index in [-0.39, 0.29) is 5.82 Å². The second-order valence-electron chi connectivity index (χ2n) is 3.87. The van der Waals surface area contributed by atoms with Crippen LogP contribution in [0.1, 0.15) is 32.3 Å². The molecule has 2 nitrogen and oxygen atoms in total. The third-order valence-corrected chi connectivity index (χ3v) is 2.48. The Morgan fingerprint density at radius 3 is 2.67 bits per heavy atom. The summed E-state index contributed by atoms with van der Waals surface area (Å²) in [5, 5.41) is 10.2. The van der Waals surface area contributed by atoms with Crippen LogP contribution in [0.15, 0.2) is 18.2 Å². The molecule has 3 heteroatoms. The van der Waals surface area contributed by atoms with Crippen molar-refractivity contribution in [2.24, 2.45) is 0 Å². The summed E-state index contributed by atoms with van der Waals surface area (Å²) >= 11 is 0. The second-order valence-corrected chi connectivity index (χ2v) is 3.87. The van der Waals surface area contributed by atoms with Gasteiger partial charge in [-0.25, -0.2) is 4.39 Å². The van der Waals surface area contributed by atoms with E-state index < -0.39 is 5.60 Å². The number of ether oxygens (including phenoxy) is 1. The van der Waals surface area contributed by atoms with Crippen LogP contribution in [0, 0.1) is 5.82 Å². The maximum absolute atomic E-state index is 12.9. The Morgan fingerprint density at radius 2 is 2.13 bits per heavy atom. The second kappa shape index (κ2) is 4.62. The number of rotatable bonds is 4. The largest absolute Gasteiger partial charge is 0.496 e. The zero-order chi connectivity index (χ0) is 11.5. The fourth-order valence-corrected chi connectivity index (χ4v) is 1.73. The van der Waals surface area contributed by atoms with Gasteiger partial charge in [0.15, 0.2) is 0 Å². The van der Waals surface area contributed by atoms with Crippen molar-refractivity contribution in [3.05, 3.63) is 29.6 Å². The lowest BCUT2D eigenvalue weighted by Crippen LogP contribution is -2.21. The summed E-state index contributed by atoms with van der Waals surface area (Å²) in [6.07, 6.45) is 1.47. The van der Waals surface area contributed by atoms with Gasteiger partial charge in [-0.2, -0.15) is 0 Å². The molecule has 1 atom stereocenters. The van der Waals surface area contributed by atoms with Crippen molar-refractivity contribution < 1.29 is 14.2 Å². The first-order valence-electron chi connectivity index (χ1n) is 5.07. The average molecular weight is 212 g/mol. The number of aliphatic hydroxyl groups is 1. The summed E-state index contributed by atoms with van der Waals surface area (Å²) in [4.78, 5) is 0. The predicted octanol–water partition coefficient (Wildman–Crippen LogP) is 2.84. The van der Waals surface area contributed by atoms with E-state index in [0.29, 0.717) is 17.7 Å². The van der Waals surface area contributed by atoms with Crippen molar-refractivity contribution in [2.75, 3.05) is 7.11 Å². The van der Waals surface area contributed by atoms with Gasteiger partial charge in [-0.3, -0.25) is 0 Å². The minimum atomic E-state index is -0.964. The summed E-state index contributed by atoms with van der Waals surface area (Å²) < 4.78 is 18.0. The zero-order valence-electron chi connectivity index (χ0n) is 9.38. The number of methoxy groups -OCH3 is 1. The van der Waals surface area contributed by atoms with Crippen LogP contribution in [0.25, 0.3) is 0 Å². The van der Waals surface area contributed by atoms with Gasteiger partial charge in [-0.1, -0.05) is 13.3 Å². The van der Waals surface area contributed by atoms with Gasteiger partial charge in [0.1, 0.15) is 11.6 Å². The molecule has 1 aromatic rings. The molecule has 0 fully saturated rings. The lowest BCUT2D eigenvalue weighted by Gasteiger charge is -2.25. The van der Waals surface area contributed by atoms with Gasteiger partial charge in [-0.15, -0.1) is 0 Å². The van der Waals surface area contributed by atoms with Crippen LogP contribution < -0.4 is 4.74 Å². The highest BCUT2D eigenvalue weighted by molar-refractivity contribution is 5.38. The molecule has 0 aliphatic heterocycles. The summed E-state index contributed by atoms with van der Waals surface area (Å²) in [7, 11) is 1.47. The van der Waals surface area contributed by atoms with Crippen LogP contribution >= 0.6 is 0 Å². The Labute approximate surface area is 89.7 Å². The molecule has 0 spiro atoms. The van der Waals surface area contributed by atoms with E-state index in [0.717, 1.165) is 6.42 Å². The van der Waals surface area contributed by atoms with E-state index in [9.17, 15) is 9.50 Å². The van der Waals surface area contributed by atoms with Gasteiger partial charge in [0.2, 0.25) is 0 Å². The van der Waals surface area contributed by atoms with E-state index in [1.165, 1.54) is 19.2 Å². The van der Waals surface area contributed by atoms with Crippen LogP contribution in [0.3, 0.4) is 0 Å². The average Bonchev–Trinajstić information content (AvgIpc) is 2.17. The van der Waals surface area contributed by atoms with E-state index in [1.807, 2.05) is 6.92 Å². The molecular formula is C12H17FO2. The number of hydrogen-bond donors (Lipinski definition) is 1. The molecule has 0 aliphatic carbocycles. The van der Waals surface area contributed by atoms with Gasteiger partial charge < -0.3 is 9.84 Å². The molecule has 1 N–H and O–H groups in total. The van der Waals surface area contributed by atoms with Crippen molar-refractivity contribution in [1.82, 2.24) is 0 Å². The summed E-state index contributed by atoms with van der Waals surface area (Å²) in [6.45, 7) is 3.71. The first kappa shape index (κ1) is 12.0. The fourth-order valence-electron chi connectivity index (χ4n) is 1.73. The maximum atomic E-state index is 12.9. The van der Waals surface area contributed by atoms with Crippen molar-refractivity contribution in [3.63, 3.8) is 0 Å². The smallest absolute Gasteiger partial charge is 0.127 e. The first-order chi connectivity index (χ1) is 7.01. The van der Waals surface area contributed by atoms with E-state index in [4.69, 9.17) is 4.74 Å². The van der Waals surface area contributed by atoms with Crippen molar-refractivity contribution in [3.8, 4) is 5.75 Å². The molecule has 0 heterocycles. The summed E-state index contributed by atoms with van der Waals surface area (Å²) in [5.74, 6) is 0.0383. The molecule has 0 aliphatic rings. The predicted molar refractivity (Wildman–Crippen MR) is 57.4 cm³/mol. The molecular weight excluding hydrogens is 195 g/mol. The normalized spacial score (nSPS) is 14.7. The monoisotopic (exact) mass is 212 g/mol. The fraction of sp³-hybridized carbons (Fsp3) is 0.500. The van der Waals surface area contributed by atoms with E-state index in [1.54, 1.807) is 13.0 Å². The molecule has 84 valence electrons. The van der Waals surface area contributed by atoms with Crippen LogP contribution in [-0.4, -0.2) is 12.2 Å². The standard InChI is InChI=1S/C12H17FO2/c1-4-7-12(2,14)10-6-5-9(13)8-11(10)15-3/h5-6,8,14H,4,7H2,1-3H3/t12-/m0/s1. The molecule has 0 amide bonds. The van der Waals surface area contributed by atoms with Crippen LogP contribution in [-0.2, 0) is 5.60 Å². The van der Waals surface area contributed by atoms with Crippen molar-refractivity contribution in [1.29, 1.82) is 0 Å². The highest BCUT2D eigenvalue weighted by Gasteiger charge is 2.25. The highest BCUT2D eigenvalue weighted by atomic mass is 19.1. The maximum Gasteiger partial charge on any atom is 0.127 e. The number of halogens is 1. The number of benzene rings is 1.